The molecule has 9 nitrogen and oxygen atoms in total. The molecule has 11 heteroatoms. The maximum atomic E-state index is 14.0. The average Bonchev–Trinajstić information content (AvgIpc) is 3.41. The molecule has 1 saturated heterocycles. The lowest BCUT2D eigenvalue weighted by atomic mass is 9.83. The van der Waals surface area contributed by atoms with E-state index in [0.29, 0.717) is 33.4 Å². The fraction of sp³-hybridized carbons (Fsp3) is 0.226. The summed E-state index contributed by atoms with van der Waals surface area (Å²) in [7, 11) is 0. The summed E-state index contributed by atoms with van der Waals surface area (Å²) in [5, 5.41) is 12.8. The molecule has 1 fully saturated rings. The Morgan fingerprint density at radius 3 is 2.45 bits per heavy atom. The molecule has 0 bridgehead atoms. The highest BCUT2D eigenvalue weighted by atomic mass is 32.2. The zero-order valence-corrected chi connectivity index (χ0v) is 24.4. The number of carbonyl (C=O) groups is 3. The topological polar surface area (TPSA) is 118 Å². The highest BCUT2D eigenvalue weighted by Crippen LogP contribution is 2.54. The molecule has 4 aromatic rings. The summed E-state index contributed by atoms with van der Waals surface area (Å²) in [6.45, 7) is 3.78. The van der Waals surface area contributed by atoms with Crippen LogP contribution in [-0.2, 0) is 20.9 Å². The molecule has 0 unspecified atom stereocenters. The summed E-state index contributed by atoms with van der Waals surface area (Å²) in [5.41, 5.74) is 2.70. The second kappa shape index (κ2) is 11.1. The van der Waals surface area contributed by atoms with E-state index in [0.717, 1.165) is 28.7 Å². The Morgan fingerprint density at radius 2 is 1.74 bits per heavy atom. The Kier molecular flexibility index (Phi) is 7.38. The molecule has 0 radical (unpaired) electrons. The molecule has 42 heavy (non-hydrogen) atoms. The summed E-state index contributed by atoms with van der Waals surface area (Å²) >= 11 is 2.12. The SMILES string of the molecule is CCOc1cc([C@@H]2c3sc(=O)n(CC(=O)Nc4ccccc4)c3S[C@@H]3C(=O)N(c4ccc(C)cc4)C(=O)[C@H]23)ccc1O. The fourth-order valence-electron chi connectivity index (χ4n) is 5.42. The van der Waals surface area contributed by atoms with E-state index in [1.54, 1.807) is 55.5 Å². The standard InChI is InChI=1S/C31H27N3O6S2/c1-3-40-22-15-18(11-14-21(22)35)24-25-26(29(38)34(28(25)37)20-12-9-17(2)10-13-20)41-30-27(24)42-31(39)33(30)16-23(36)32-19-7-5-4-6-8-19/h4-15,24-26,35H,3,16H2,1-2H3,(H,32,36)/t24-,25+,26-/m0/s1. The number of anilines is 2. The van der Waals surface area contributed by atoms with Gasteiger partial charge in [0.2, 0.25) is 17.7 Å². The molecule has 0 saturated carbocycles. The van der Waals surface area contributed by atoms with E-state index in [1.165, 1.54) is 15.5 Å². The monoisotopic (exact) mass is 601 g/mol. The van der Waals surface area contributed by atoms with Crippen LogP contribution in [0.5, 0.6) is 11.5 Å². The van der Waals surface area contributed by atoms with Crippen LogP contribution < -0.4 is 19.8 Å². The number of nitrogens with one attached hydrogen (secondary N) is 1. The van der Waals surface area contributed by atoms with Crippen molar-refractivity contribution in [1.82, 2.24) is 4.57 Å². The van der Waals surface area contributed by atoms with Crippen molar-refractivity contribution in [2.24, 2.45) is 5.92 Å². The van der Waals surface area contributed by atoms with Crippen LogP contribution in [0.3, 0.4) is 0 Å². The van der Waals surface area contributed by atoms with Crippen LogP contribution in [-0.4, -0.2) is 39.3 Å². The van der Waals surface area contributed by atoms with Crippen molar-refractivity contribution < 1.29 is 24.2 Å². The first-order chi connectivity index (χ1) is 20.3. The van der Waals surface area contributed by atoms with Gasteiger partial charge in [0.15, 0.2) is 11.5 Å². The first-order valence-corrected chi connectivity index (χ1v) is 15.1. The van der Waals surface area contributed by atoms with E-state index in [4.69, 9.17) is 4.74 Å². The first kappa shape index (κ1) is 27.8. The Labute approximate surface area is 249 Å². The number of thiazole rings is 1. The maximum Gasteiger partial charge on any atom is 0.308 e. The number of aryl methyl sites for hydroxylation is 1. The largest absolute Gasteiger partial charge is 0.504 e. The zero-order valence-electron chi connectivity index (χ0n) is 22.8. The van der Waals surface area contributed by atoms with Crippen molar-refractivity contribution in [2.45, 2.75) is 36.6 Å². The van der Waals surface area contributed by atoms with Crippen molar-refractivity contribution in [2.75, 3.05) is 16.8 Å². The third-order valence-electron chi connectivity index (χ3n) is 7.34. The number of imide groups is 1. The van der Waals surface area contributed by atoms with Gasteiger partial charge in [-0.3, -0.25) is 23.7 Å². The fourth-order valence-corrected chi connectivity index (χ4v) is 8.20. The molecule has 3 aromatic carbocycles. The molecule has 3 amide bonds. The number of fused-ring (bicyclic) bond motifs is 2. The van der Waals surface area contributed by atoms with Gasteiger partial charge in [-0.05, 0) is 55.8 Å². The third kappa shape index (κ3) is 4.88. The van der Waals surface area contributed by atoms with E-state index < -0.39 is 17.1 Å². The lowest BCUT2D eigenvalue weighted by molar-refractivity contribution is -0.122. The van der Waals surface area contributed by atoms with Crippen molar-refractivity contribution in [3.05, 3.63) is 98.5 Å². The second-order valence-electron chi connectivity index (χ2n) is 10.1. The number of hydrogen-bond donors (Lipinski definition) is 2. The van der Waals surface area contributed by atoms with Crippen LogP contribution in [0.4, 0.5) is 11.4 Å². The van der Waals surface area contributed by atoms with Gasteiger partial charge in [-0.1, -0.05) is 65.1 Å². The molecule has 3 heterocycles. The van der Waals surface area contributed by atoms with Crippen LogP contribution in [0, 0.1) is 12.8 Å². The molecule has 0 spiro atoms. The number of rotatable bonds is 7. The first-order valence-electron chi connectivity index (χ1n) is 13.4. The normalized spacial score (nSPS) is 19.4. The quantitative estimate of drug-likeness (QED) is 0.294. The van der Waals surface area contributed by atoms with Crippen molar-refractivity contribution in [3.8, 4) is 11.5 Å². The highest BCUT2D eigenvalue weighted by Gasteiger charge is 2.57. The summed E-state index contributed by atoms with van der Waals surface area (Å²) in [5.74, 6) is -2.42. The number of ether oxygens (including phenoxy) is 1. The number of phenolic OH excluding ortho intramolecular Hbond substituents is 1. The van der Waals surface area contributed by atoms with Crippen LogP contribution in [0.15, 0.2) is 82.6 Å². The smallest absolute Gasteiger partial charge is 0.308 e. The molecule has 214 valence electrons. The lowest BCUT2D eigenvalue weighted by Gasteiger charge is -2.31. The number of aromatic hydroxyl groups is 1. The molecule has 1 aromatic heterocycles. The third-order valence-corrected chi connectivity index (χ3v) is 9.95. The number of para-hydroxylation sites is 1. The van der Waals surface area contributed by atoms with Crippen molar-refractivity contribution in [3.63, 3.8) is 0 Å². The molecule has 2 aliphatic heterocycles. The van der Waals surface area contributed by atoms with Crippen LogP contribution in [0.1, 0.15) is 28.8 Å². The van der Waals surface area contributed by atoms with E-state index in [9.17, 15) is 24.3 Å². The van der Waals surface area contributed by atoms with Gasteiger partial charge in [0.25, 0.3) is 0 Å². The minimum atomic E-state index is -0.821. The second-order valence-corrected chi connectivity index (χ2v) is 12.2. The predicted octanol–water partition coefficient (Wildman–Crippen LogP) is 4.76. The Hall–Kier alpha value is -4.35. The van der Waals surface area contributed by atoms with Crippen LogP contribution >= 0.6 is 23.1 Å². The number of aromatic nitrogens is 1. The molecule has 0 aliphatic carbocycles. The van der Waals surface area contributed by atoms with E-state index >= 15 is 0 Å². The van der Waals surface area contributed by atoms with Crippen LogP contribution in [0.2, 0.25) is 0 Å². The Balaban J connectivity index is 1.44. The summed E-state index contributed by atoms with van der Waals surface area (Å²) in [4.78, 5) is 55.7. The van der Waals surface area contributed by atoms with Gasteiger partial charge in [-0.15, -0.1) is 0 Å². The van der Waals surface area contributed by atoms with E-state index in [2.05, 4.69) is 5.32 Å². The minimum Gasteiger partial charge on any atom is -0.504 e. The van der Waals surface area contributed by atoms with Gasteiger partial charge in [0.05, 0.1) is 23.2 Å². The van der Waals surface area contributed by atoms with Gasteiger partial charge < -0.3 is 15.2 Å². The number of thioether (sulfide) groups is 1. The molecule has 3 atom stereocenters. The van der Waals surface area contributed by atoms with E-state index in [1.807, 2.05) is 25.1 Å². The molecular formula is C31H27N3O6S2. The van der Waals surface area contributed by atoms with Crippen molar-refractivity contribution in [1.29, 1.82) is 0 Å². The van der Waals surface area contributed by atoms with Gasteiger partial charge >= 0.3 is 4.87 Å². The minimum absolute atomic E-state index is 0.0546. The van der Waals surface area contributed by atoms with Gasteiger partial charge in [-0.25, -0.2) is 4.90 Å². The summed E-state index contributed by atoms with van der Waals surface area (Å²) in [6, 6.07) is 20.9. The maximum absolute atomic E-state index is 14.0. The Bertz CT molecular complexity index is 1750. The molecule has 2 N–H and O–H groups in total. The number of nitrogens with zero attached hydrogens (tertiary/aromatic N) is 2. The summed E-state index contributed by atoms with van der Waals surface area (Å²) < 4.78 is 7.00. The number of amides is 3. The van der Waals surface area contributed by atoms with Crippen LogP contribution in [0.25, 0.3) is 0 Å². The molecule has 6 rings (SSSR count). The number of hydrogen-bond acceptors (Lipinski definition) is 8. The summed E-state index contributed by atoms with van der Waals surface area (Å²) in [6.07, 6.45) is 0. The number of benzene rings is 3. The highest BCUT2D eigenvalue weighted by molar-refractivity contribution is 8.00. The Morgan fingerprint density at radius 1 is 1.00 bits per heavy atom. The van der Waals surface area contributed by atoms with Gasteiger partial charge in [-0.2, -0.15) is 0 Å². The van der Waals surface area contributed by atoms with E-state index in [-0.39, 0.29) is 40.6 Å². The predicted molar refractivity (Wildman–Crippen MR) is 162 cm³/mol. The number of carbonyl (C=O) groups excluding carboxylic acids is 3. The average molecular weight is 602 g/mol. The lowest BCUT2D eigenvalue weighted by Crippen LogP contribution is -2.33. The zero-order chi connectivity index (χ0) is 29.5. The van der Waals surface area contributed by atoms with Gasteiger partial charge in [0, 0.05) is 16.5 Å². The van der Waals surface area contributed by atoms with Gasteiger partial charge in [0.1, 0.15) is 11.8 Å². The molecule has 2 aliphatic rings. The molecular weight excluding hydrogens is 574 g/mol. The number of phenols is 1. The van der Waals surface area contributed by atoms with Crippen molar-refractivity contribution >= 4 is 52.2 Å².